The molecule has 174 valence electrons. The molecule has 1 unspecified atom stereocenters. The first-order valence-electron chi connectivity index (χ1n) is 11.4. The number of hydrogen-bond acceptors (Lipinski definition) is 6. The molecule has 34 heavy (non-hydrogen) atoms. The number of rotatable bonds is 6. The molecule has 5 rings (SSSR count). The lowest BCUT2D eigenvalue weighted by molar-refractivity contribution is 0.0962. The third kappa shape index (κ3) is 3.67. The minimum absolute atomic E-state index is 0.0211. The zero-order valence-corrected chi connectivity index (χ0v) is 19.8. The van der Waals surface area contributed by atoms with Crippen LogP contribution in [0, 0.1) is 0 Å². The number of benzene rings is 2. The van der Waals surface area contributed by atoms with Crippen LogP contribution in [-0.4, -0.2) is 41.7 Å². The Hall–Kier alpha value is -3.87. The van der Waals surface area contributed by atoms with Gasteiger partial charge in [-0.05, 0) is 54.2 Å². The number of methoxy groups -OCH3 is 3. The highest BCUT2D eigenvalue weighted by molar-refractivity contribution is 5.99. The van der Waals surface area contributed by atoms with Gasteiger partial charge in [0.05, 0.1) is 38.3 Å². The summed E-state index contributed by atoms with van der Waals surface area (Å²) in [6.45, 7) is 2.08. The number of aromatic nitrogens is 3. The molecular formula is C27H27N3O4. The Bertz CT molecular complexity index is 1380. The molecule has 0 saturated heterocycles. The number of aryl methyl sites for hydroxylation is 1. The maximum atomic E-state index is 13.1. The van der Waals surface area contributed by atoms with Gasteiger partial charge < -0.3 is 14.2 Å². The molecule has 0 saturated carbocycles. The van der Waals surface area contributed by atoms with Crippen LogP contribution >= 0.6 is 0 Å². The normalized spacial score (nSPS) is 15.3. The highest BCUT2D eigenvalue weighted by Crippen LogP contribution is 2.38. The van der Waals surface area contributed by atoms with Crippen molar-refractivity contribution in [3.63, 3.8) is 0 Å². The molecule has 0 bridgehead atoms. The molecule has 2 heterocycles. The first kappa shape index (κ1) is 21.9. The second kappa shape index (κ2) is 8.82. The van der Waals surface area contributed by atoms with Crippen molar-refractivity contribution in [2.45, 2.75) is 32.1 Å². The van der Waals surface area contributed by atoms with Crippen LogP contribution < -0.4 is 14.2 Å². The van der Waals surface area contributed by atoms with Gasteiger partial charge in [-0.15, -0.1) is 0 Å². The van der Waals surface area contributed by atoms with E-state index >= 15 is 0 Å². The fourth-order valence-corrected chi connectivity index (χ4v) is 4.72. The first-order chi connectivity index (χ1) is 16.6. The standard InChI is InChI=1S/C27H27N3O4/c1-5-21-26(16-6-9-19(32-2)10-7-16)27-28-22-12-18(13-23(31)20(22)15-30(27)29-21)17-8-11-24(33-3)25(14-17)34-4/h6-11,14-15,18H,5,12-13H2,1-4H3. The second-order valence-electron chi connectivity index (χ2n) is 8.42. The van der Waals surface area contributed by atoms with Gasteiger partial charge in [-0.3, -0.25) is 4.79 Å². The Balaban J connectivity index is 1.59. The topological polar surface area (TPSA) is 75.0 Å². The summed E-state index contributed by atoms with van der Waals surface area (Å²) in [5, 5.41) is 4.75. The van der Waals surface area contributed by atoms with Crippen molar-refractivity contribution in [1.29, 1.82) is 0 Å². The number of fused-ring (bicyclic) bond motifs is 2. The van der Waals surface area contributed by atoms with Crippen molar-refractivity contribution in [2.24, 2.45) is 0 Å². The van der Waals surface area contributed by atoms with E-state index in [4.69, 9.17) is 24.3 Å². The predicted molar refractivity (Wildman–Crippen MR) is 129 cm³/mol. The lowest BCUT2D eigenvalue weighted by atomic mass is 9.82. The van der Waals surface area contributed by atoms with Crippen LogP contribution in [0.25, 0.3) is 16.8 Å². The molecule has 0 N–H and O–H groups in total. The Labute approximate surface area is 198 Å². The van der Waals surface area contributed by atoms with Crippen molar-refractivity contribution < 1.29 is 19.0 Å². The minimum Gasteiger partial charge on any atom is -0.497 e. The third-order valence-electron chi connectivity index (χ3n) is 6.53. The van der Waals surface area contributed by atoms with Gasteiger partial charge in [-0.25, -0.2) is 9.50 Å². The number of carbonyl (C=O) groups excluding carboxylic acids is 1. The lowest BCUT2D eigenvalue weighted by Crippen LogP contribution is -2.21. The average molecular weight is 458 g/mol. The number of ether oxygens (including phenoxy) is 3. The molecule has 2 aromatic heterocycles. The van der Waals surface area contributed by atoms with Gasteiger partial charge in [0, 0.05) is 18.2 Å². The van der Waals surface area contributed by atoms with Gasteiger partial charge in [0.15, 0.2) is 22.9 Å². The Morgan fingerprint density at radius 1 is 0.971 bits per heavy atom. The summed E-state index contributed by atoms with van der Waals surface area (Å²) in [7, 11) is 4.89. The van der Waals surface area contributed by atoms with Gasteiger partial charge in [-0.2, -0.15) is 5.10 Å². The maximum Gasteiger partial charge on any atom is 0.166 e. The number of hydrogen-bond donors (Lipinski definition) is 0. The molecule has 0 fully saturated rings. The summed E-state index contributed by atoms with van der Waals surface area (Å²) in [6.07, 6.45) is 3.69. The zero-order valence-electron chi connectivity index (χ0n) is 19.8. The van der Waals surface area contributed by atoms with Crippen molar-refractivity contribution in [2.75, 3.05) is 21.3 Å². The van der Waals surface area contributed by atoms with Crippen molar-refractivity contribution in [3.8, 4) is 28.4 Å². The Morgan fingerprint density at radius 3 is 2.41 bits per heavy atom. The monoisotopic (exact) mass is 457 g/mol. The van der Waals surface area contributed by atoms with Gasteiger partial charge >= 0.3 is 0 Å². The molecule has 7 heteroatoms. The molecule has 0 amide bonds. The van der Waals surface area contributed by atoms with Crippen LogP contribution in [0.3, 0.4) is 0 Å². The van der Waals surface area contributed by atoms with Crippen molar-refractivity contribution in [3.05, 3.63) is 71.2 Å². The lowest BCUT2D eigenvalue weighted by Gasteiger charge is -2.24. The zero-order chi connectivity index (χ0) is 23.8. The molecule has 4 aromatic rings. The van der Waals surface area contributed by atoms with E-state index < -0.39 is 0 Å². The van der Waals surface area contributed by atoms with Crippen LogP contribution in [-0.2, 0) is 12.8 Å². The summed E-state index contributed by atoms with van der Waals surface area (Å²) >= 11 is 0. The van der Waals surface area contributed by atoms with E-state index in [1.807, 2.05) is 48.7 Å². The quantitative estimate of drug-likeness (QED) is 0.410. The average Bonchev–Trinajstić information content (AvgIpc) is 3.24. The van der Waals surface area contributed by atoms with E-state index in [1.165, 1.54) is 0 Å². The highest BCUT2D eigenvalue weighted by atomic mass is 16.5. The molecule has 2 aromatic carbocycles. The summed E-state index contributed by atoms with van der Waals surface area (Å²) in [6, 6.07) is 13.8. The second-order valence-corrected chi connectivity index (χ2v) is 8.42. The van der Waals surface area contributed by atoms with Crippen molar-refractivity contribution >= 4 is 11.4 Å². The van der Waals surface area contributed by atoms with E-state index in [1.54, 1.807) is 25.8 Å². The third-order valence-corrected chi connectivity index (χ3v) is 6.53. The molecule has 1 aliphatic carbocycles. The molecule has 7 nitrogen and oxygen atoms in total. The van der Waals surface area contributed by atoms with Crippen LogP contribution in [0.1, 0.15) is 46.6 Å². The number of ketones is 1. The summed E-state index contributed by atoms with van der Waals surface area (Å²) in [5.74, 6) is 2.23. The summed E-state index contributed by atoms with van der Waals surface area (Å²) < 4.78 is 17.9. The fraction of sp³-hybridized carbons (Fsp3) is 0.296. The SMILES string of the molecule is CCc1nn2cc3c(nc2c1-c1ccc(OC)cc1)CC(c1ccc(OC)c(OC)c1)CC3=O. The van der Waals surface area contributed by atoms with Gasteiger partial charge in [0.25, 0.3) is 0 Å². The van der Waals surface area contributed by atoms with Gasteiger partial charge in [0.2, 0.25) is 0 Å². The predicted octanol–water partition coefficient (Wildman–Crippen LogP) is 4.90. The molecular weight excluding hydrogens is 430 g/mol. The van der Waals surface area contributed by atoms with Crippen molar-refractivity contribution in [1.82, 2.24) is 14.6 Å². The fourth-order valence-electron chi connectivity index (χ4n) is 4.72. The molecule has 1 aliphatic rings. The van der Waals surface area contributed by atoms with Crippen LogP contribution in [0.4, 0.5) is 0 Å². The Morgan fingerprint density at radius 2 is 1.74 bits per heavy atom. The minimum atomic E-state index is 0.0211. The van der Waals surface area contributed by atoms with E-state index in [0.717, 1.165) is 45.9 Å². The Kier molecular flexibility index (Phi) is 5.69. The summed E-state index contributed by atoms with van der Waals surface area (Å²) in [5.41, 5.74) is 6.23. The van der Waals surface area contributed by atoms with Crippen LogP contribution in [0.2, 0.25) is 0 Å². The van der Waals surface area contributed by atoms with Crippen LogP contribution in [0.5, 0.6) is 17.2 Å². The number of carbonyl (C=O) groups is 1. The molecule has 0 spiro atoms. The van der Waals surface area contributed by atoms with Gasteiger partial charge in [0.1, 0.15) is 5.75 Å². The highest BCUT2D eigenvalue weighted by Gasteiger charge is 2.30. The van der Waals surface area contributed by atoms with E-state index in [-0.39, 0.29) is 11.7 Å². The van der Waals surface area contributed by atoms with Crippen LogP contribution in [0.15, 0.2) is 48.7 Å². The van der Waals surface area contributed by atoms with E-state index in [2.05, 4.69) is 6.92 Å². The molecule has 0 aliphatic heterocycles. The largest absolute Gasteiger partial charge is 0.497 e. The number of nitrogens with zero attached hydrogens (tertiary/aromatic N) is 3. The van der Waals surface area contributed by atoms with Gasteiger partial charge in [-0.1, -0.05) is 25.1 Å². The molecule has 1 atom stereocenters. The summed E-state index contributed by atoms with van der Waals surface area (Å²) in [4.78, 5) is 18.1. The van der Waals surface area contributed by atoms with E-state index in [9.17, 15) is 4.79 Å². The first-order valence-corrected chi connectivity index (χ1v) is 11.4. The maximum absolute atomic E-state index is 13.1. The smallest absolute Gasteiger partial charge is 0.166 e. The number of Topliss-reactive ketones (excluding diaryl/α,β-unsaturated/α-hetero) is 1. The molecule has 0 radical (unpaired) electrons. The van der Waals surface area contributed by atoms with E-state index in [0.29, 0.717) is 29.9 Å².